The lowest BCUT2D eigenvalue weighted by Crippen LogP contribution is -2.17. The predicted molar refractivity (Wildman–Crippen MR) is 124 cm³/mol. The molecule has 0 saturated carbocycles. The van der Waals surface area contributed by atoms with Crippen LogP contribution in [0.3, 0.4) is 0 Å². The molecule has 8 nitrogen and oxygen atoms in total. The minimum atomic E-state index is -3.38. The van der Waals surface area contributed by atoms with Gasteiger partial charge in [0.2, 0.25) is 5.91 Å². The van der Waals surface area contributed by atoms with Gasteiger partial charge >= 0.3 is 0 Å². The van der Waals surface area contributed by atoms with E-state index in [1.807, 2.05) is 0 Å². The number of anilines is 1. The third kappa shape index (κ3) is 4.33. The zero-order chi connectivity index (χ0) is 23.0. The lowest BCUT2D eigenvalue weighted by Gasteiger charge is -2.11. The standard InChI is InChI=1S/C21H15ClN4O4S2/c1-32(29,30)12-5-6-16-17(10-12)31-21(25-16)26-20(28)14-9-11(15-4-2-3-7-24-15)8-13(18(14)22)19(23)27/h2-10H,1H3,(H2,23,27)(H,25,26,28). The van der Waals surface area contributed by atoms with Crippen molar-refractivity contribution in [1.29, 1.82) is 0 Å². The molecule has 4 rings (SSSR count). The summed E-state index contributed by atoms with van der Waals surface area (Å²) < 4.78 is 24.1. The number of fused-ring (bicyclic) bond motifs is 1. The summed E-state index contributed by atoms with van der Waals surface area (Å²) in [7, 11) is -3.38. The van der Waals surface area contributed by atoms with Gasteiger partial charge in [0.25, 0.3) is 5.91 Å². The summed E-state index contributed by atoms with van der Waals surface area (Å²) in [5.41, 5.74) is 7.03. The number of nitrogens with one attached hydrogen (secondary N) is 1. The molecule has 0 aliphatic rings. The highest BCUT2D eigenvalue weighted by atomic mass is 35.5. The molecule has 0 atom stereocenters. The highest BCUT2D eigenvalue weighted by molar-refractivity contribution is 7.90. The molecule has 0 saturated heterocycles. The van der Waals surface area contributed by atoms with Gasteiger partial charge in [-0.25, -0.2) is 13.4 Å². The SMILES string of the molecule is CS(=O)(=O)c1ccc2nc(NC(=O)c3cc(-c4ccccn4)cc(C(N)=O)c3Cl)sc2c1. The number of nitrogens with zero attached hydrogens (tertiary/aromatic N) is 2. The van der Waals surface area contributed by atoms with Crippen LogP contribution in [0.1, 0.15) is 20.7 Å². The van der Waals surface area contributed by atoms with Crippen LogP contribution in [0.15, 0.2) is 59.6 Å². The molecule has 2 heterocycles. The van der Waals surface area contributed by atoms with Gasteiger partial charge in [0, 0.05) is 18.0 Å². The Labute approximate surface area is 192 Å². The molecule has 2 amide bonds. The van der Waals surface area contributed by atoms with E-state index in [1.54, 1.807) is 30.5 Å². The molecule has 0 aliphatic carbocycles. The fourth-order valence-corrected chi connectivity index (χ4v) is 4.91. The van der Waals surface area contributed by atoms with Crippen LogP contribution in [0.25, 0.3) is 21.5 Å². The summed E-state index contributed by atoms with van der Waals surface area (Å²) in [5.74, 6) is -1.38. The van der Waals surface area contributed by atoms with Crippen molar-refractivity contribution in [1.82, 2.24) is 9.97 Å². The lowest BCUT2D eigenvalue weighted by atomic mass is 10.0. The van der Waals surface area contributed by atoms with Gasteiger partial charge < -0.3 is 5.73 Å². The van der Waals surface area contributed by atoms with Crippen LogP contribution in [0.2, 0.25) is 5.02 Å². The Hall–Kier alpha value is -3.34. The fraction of sp³-hybridized carbons (Fsp3) is 0.0476. The van der Waals surface area contributed by atoms with Crippen molar-refractivity contribution >= 4 is 59.9 Å². The molecule has 2 aromatic carbocycles. The summed E-state index contributed by atoms with van der Waals surface area (Å²) >= 11 is 7.42. The highest BCUT2D eigenvalue weighted by Gasteiger charge is 2.21. The van der Waals surface area contributed by atoms with Crippen molar-refractivity contribution in [2.45, 2.75) is 4.90 Å². The van der Waals surface area contributed by atoms with E-state index in [0.717, 1.165) is 17.6 Å². The number of sulfone groups is 1. The first-order chi connectivity index (χ1) is 15.1. The van der Waals surface area contributed by atoms with Crippen molar-refractivity contribution in [3.8, 4) is 11.3 Å². The molecule has 3 N–H and O–H groups in total. The number of nitrogens with two attached hydrogens (primary N) is 1. The van der Waals surface area contributed by atoms with E-state index in [9.17, 15) is 18.0 Å². The average molecular weight is 487 g/mol. The van der Waals surface area contributed by atoms with E-state index in [2.05, 4.69) is 15.3 Å². The van der Waals surface area contributed by atoms with Gasteiger partial charge in [-0.1, -0.05) is 29.0 Å². The number of hydrogen-bond acceptors (Lipinski definition) is 7. The summed E-state index contributed by atoms with van der Waals surface area (Å²) in [4.78, 5) is 33.6. The van der Waals surface area contributed by atoms with Gasteiger partial charge in [0.15, 0.2) is 15.0 Å². The Morgan fingerprint density at radius 1 is 1.09 bits per heavy atom. The maximum atomic E-state index is 13.0. The van der Waals surface area contributed by atoms with Gasteiger partial charge in [-0.15, -0.1) is 0 Å². The number of rotatable bonds is 5. The summed E-state index contributed by atoms with van der Waals surface area (Å²) in [6.07, 6.45) is 2.70. The molecular formula is C21H15ClN4O4S2. The first kappa shape index (κ1) is 21.9. The molecule has 0 bridgehead atoms. The smallest absolute Gasteiger partial charge is 0.259 e. The minimum absolute atomic E-state index is 0.0120. The maximum Gasteiger partial charge on any atom is 0.259 e. The molecular weight excluding hydrogens is 472 g/mol. The summed E-state index contributed by atoms with van der Waals surface area (Å²) in [6.45, 7) is 0. The normalized spacial score (nSPS) is 11.4. The molecule has 162 valence electrons. The number of benzene rings is 2. The molecule has 0 aliphatic heterocycles. The fourth-order valence-electron chi connectivity index (χ4n) is 3.00. The highest BCUT2D eigenvalue weighted by Crippen LogP contribution is 2.31. The first-order valence-corrected chi connectivity index (χ1v) is 12.2. The molecule has 2 aromatic heterocycles. The molecule has 0 radical (unpaired) electrons. The van der Waals surface area contributed by atoms with Gasteiger partial charge in [0.05, 0.1) is 37.0 Å². The van der Waals surface area contributed by atoms with E-state index < -0.39 is 21.7 Å². The second-order valence-corrected chi connectivity index (χ2v) is 10.3. The monoisotopic (exact) mass is 486 g/mol. The third-order valence-electron chi connectivity index (χ3n) is 4.55. The Balaban J connectivity index is 1.73. The number of hydrogen-bond donors (Lipinski definition) is 2. The van der Waals surface area contributed by atoms with Gasteiger partial charge in [-0.2, -0.15) is 0 Å². The Morgan fingerprint density at radius 3 is 2.50 bits per heavy atom. The van der Waals surface area contributed by atoms with Crippen molar-refractivity contribution in [2.24, 2.45) is 5.73 Å². The number of aromatic nitrogens is 2. The van der Waals surface area contributed by atoms with Crippen LogP contribution in [0.4, 0.5) is 5.13 Å². The van der Waals surface area contributed by atoms with E-state index in [1.165, 1.54) is 24.3 Å². The number of carbonyl (C=O) groups is 2. The first-order valence-electron chi connectivity index (χ1n) is 9.10. The Kier molecular flexibility index (Phi) is 5.68. The van der Waals surface area contributed by atoms with E-state index in [4.69, 9.17) is 17.3 Å². The van der Waals surface area contributed by atoms with Crippen LogP contribution in [-0.4, -0.2) is 36.5 Å². The van der Waals surface area contributed by atoms with Gasteiger partial charge in [-0.3, -0.25) is 19.9 Å². The average Bonchev–Trinajstić information content (AvgIpc) is 3.15. The number of carbonyl (C=O) groups excluding carboxylic acids is 2. The van der Waals surface area contributed by atoms with Crippen LogP contribution in [0, 0.1) is 0 Å². The number of halogens is 1. The molecule has 11 heteroatoms. The zero-order valence-corrected chi connectivity index (χ0v) is 18.9. The minimum Gasteiger partial charge on any atom is -0.366 e. The van der Waals surface area contributed by atoms with Crippen molar-refractivity contribution in [3.63, 3.8) is 0 Å². The van der Waals surface area contributed by atoms with E-state index in [0.29, 0.717) is 21.5 Å². The van der Waals surface area contributed by atoms with Crippen LogP contribution in [0.5, 0.6) is 0 Å². The number of pyridine rings is 1. The van der Waals surface area contributed by atoms with Crippen LogP contribution in [-0.2, 0) is 9.84 Å². The lowest BCUT2D eigenvalue weighted by molar-refractivity contribution is 0.100. The Bertz CT molecular complexity index is 1480. The van der Waals surface area contributed by atoms with Crippen molar-refractivity contribution < 1.29 is 18.0 Å². The summed E-state index contributed by atoms with van der Waals surface area (Å²) in [6, 6.07) is 12.8. The Morgan fingerprint density at radius 2 is 1.84 bits per heavy atom. The topological polar surface area (TPSA) is 132 Å². The van der Waals surface area contributed by atoms with E-state index >= 15 is 0 Å². The second-order valence-electron chi connectivity index (χ2n) is 6.84. The quantitative estimate of drug-likeness (QED) is 0.441. The van der Waals surface area contributed by atoms with Crippen molar-refractivity contribution in [3.05, 3.63) is 70.9 Å². The third-order valence-corrected chi connectivity index (χ3v) is 7.00. The molecule has 0 unspecified atom stereocenters. The predicted octanol–water partition coefficient (Wildman–Crippen LogP) is 3.77. The summed E-state index contributed by atoms with van der Waals surface area (Å²) in [5, 5.41) is 2.81. The van der Waals surface area contributed by atoms with Gasteiger partial charge in [0.1, 0.15) is 0 Å². The number of amides is 2. The van der Waals surface area contributed by atoms with E-state index in [-0.39, 0.29) is 26.2 Å². The largest absolute Gasteiger partial charge is 0.366 e. The maximum absolute atomic E-state index is 13.0. The molecule has 0 spiro atoms. The van der Waals surface area contributed by atoms with Crippen LogP contribution >= 0.6 is 22.9 Å². The number of thiazole rings is 1. The molecule has 4 aromatic rings. The molecule has 0 fully saturated rings. The van der Waals surface area contributed by atoms with Crippen LogP contribution < -0.4 is 11.1 Å². The molecule has 32 heavy (non-hydrogen) atoms. The number of primary amides is 1. The van der Waals surface area contributed by atoms with Gasteiger partial charge in [-0.05, 0) is 42.5 Å². The second kappa shape index (κ2) is 8.30. The van der Waals surface area contributed by atoms with Crippen molar-refractivity contribution in [2.75, 3.05) is 11.6 Å². The zero-order valence-electron chi connectivity index (χ0n) is 16.5.